The van der Waals surface area contributed by atoms with Gasteiger partial charge < -0.3 is 4.90 Å². The highest BCUT2D eigenvalue weighted by Crippen LogP contribution is 2.28. The van der Waals surface area contributed by atoms with Crippen molar-refractivity contribution in [3.63, 3.8) is 0 Å². The molecule has 1 atom stereocenters. The topological polar surface area (TPSA) is 33.4 Å². The van der Waals surface area contributed by atoms with Gasteiger partial charge in [0, 0.05) is 55.4 Å². The first-order valence-corrected chi connectivity index (χ1v) is 8.84. The van der Waals surface area contributed by atoms with Crippen molar-refractivity contribution < 1.29 is 0 Å². The molecule has 3 heterocycles. The molecule has 4 heteroatoms. The molecule has 1 aromatic heterocycles. The van der Waals surface area contributed by atoms with Crippen molar-refractivity contribution in [2.24, 2.45) is 18.0 Å². The quantitative estimate of drug-likeness (QED) is 0.764. The van der Waals surface area contributed by atoms with Crippen LogP contribution in [-0.4, -0.2) is 33.5 Å². The molecule has 2 aliphatic rings. The van der Waals surface area contributed by atoms with E-state index >= 15 is 0 Å². The standard InChI is InChI=1S/C20H28N4/c1-15-10-19(12-21-15)11-18-6-5-9-24(14-18)16(2)7-8-20-13-22-23(4)17(20)3/h7-8,12-13,18H,2,5-6,9-11,14H2,1,3-4H3/b8-7+/t18-/m0/s1. The van der Waals surface area contributed by atoms with Crippen LogP contribution in [0.2, 0.25) is 0 Å². The van der Waals surface area contributed by atoms with Gasteiger partial charge in [-0.2, -0.15) is 5.10 Å². The average Bonchev–Trinajstić information content (AvgIpc) is 3.12. The summed E-state index contributed by atoms with van der Waals surface area (Å²) in [7, 11) is 1.97. The number of aromatic nitrogens is 2. The molecule has 3 rings (SSSR count). The third-order valence-corrected chi connectivity index (χ3v) is 5.15. The number of aryl methyl sites for hydroxylation is 1. The molecule has 0 unspecified atom stereocenters. The Kier molecular flexibility index (Phi) is 5.03. The molecule has 0 aliphatic carbocycles. The molecule has 1 saturated heterocycles. The van der Waals surface area contributed by atoms with E-state index in [9.17, 15) is 0 Å². The van der Waals surface area contributed by atoms with E-state index in [4.69, 9.17) is 0 Å². The molecule has 0 radical (unpaired) electrons. The van der Waals surface area contributed by atoms with Crippen LogP contribution in [0.5, 0.6) is 0 Å². The molecular formula is C20H28N4. The van der Waals surface area contributed by atoms with Crippen LogP contribution in [0.3, 0.4) is 0 Å². The second-order valence-corrected chi connectivity index (χ2v) is 7.12. The van der Waals surface area contributed by atoms with Crippen molar-refractivity contribution in [1.29, 1.82) is 0 Å². The van der Waals surface area contributed by atoms with Gasteiger partial charge in [0.05, 0.1) is 6.20 Å². The zero-order chi connectivity index (χ0) is 17.1. The number of nitrogens with zero attached hydrogens (tertiary/aromatic N) is 4. The SMILES string of the molecule is C=C(/C=C/c1cnn(C)c1C)N1CCC[C@@H](CC2=CN=C(C)C2)C1. The normalized spacial score (nSPS) is 21.3. The molecule has 1 fully saturated rings. The highest BCUT2D eigenvalue weighted by Gasteiger charge is 2.22. The van der Waals surface area contributed by atoms with Crippen LogP contribution in [-0.2, 0) is 7.05 Å². The summed E-state index contributed by atoms with van der Waals surface area (Å²) < 4.78 is 1.90. The summed E-state index contributed by atoms with van der Waals surface area (Å²) in [5.74, 6) is 0.719. The second-order valence-electron chi connectivity index (χ2n) is 7.12. The highest BCUT2D eigenvalue weighted by atomic mass is 15.3. The first kappa shape index (κ1) is 16.7. The number of aliphatic imine (C=N–C) groups is 1. The fraction of sp³-hybridized carbons (Fsp3) is 0.500. The maximum Gasteiger partial charge on any atom is 0.0564 e. The van der Waals surface area contributed by atoms with Crippen LogP contribution in [0.1, 0.15) is 43.9 Å². The number of allylic oxidation sites excluding steroid dienone is 2. The van der Waals surface area contributed by atoms with Crippen molar-refractivity contribution in [2.45, 2.75) is 39.5 Å². The first-order chi connectivity index (χ1) is 11.5. The largest absolute Gasteiger partial charge is 0.372 e. The van der Waals surface area contributed by atoms with Crippen LogP contribution in [0, 0.1) is 12.8 Å². The average molecular weight is 324 g/mol. The fourth-order valence-corrected chi connectivity index (χ4v) is 3.58. The number of rotatable bonds is 5. The van der Waals surface area contributed by atoms with Crippen molar-refractivity contribution in [3.8, 4) is 0 Å². The molecule has 0 amide bonds. The lowest BCUT2D eigenvalue weighted by Crippen LogP contribution is -2.34. The Morgan fingerprint density at radius 2 is 2.25 bits per heavy atom. The molecule has 2 aliphatic heterocycles. The van der Waals surface area contributed by atoms with Crippen LogP contribution in [0.15, 0.2) is 41.3 Å². The van der Waals surface area contributed by atoms with Gasteiger partial charge in [0.2, 0.25) is 0 Å². The molecule has 0 aromatic carbocycles. The van der Waals surface area contributed by atoms with E-state index < -0.39 is 0 Å². The summed E-state index contributed by atoms with van der Waals surface area (Å²) in [5, 5.41) is 4.29. The van der Waals surface area contributed by atoms with Crippen LogP contribution < -0.4 is 0 Å². The monoisotopic (exact) mass is 324 g/mol. The van der Waals surface area contributed by atoms with Gasteiger partial charge in [-0.15, -0.1) is 0 Å². The number of hydrogen-bond acceptors (Lipinski definition) is 3. The smallest absolute Gasteiger partial charge is 0.0564 e. The van der Waals surface area contributed by atoms with Crippen molar-refractivity contribution in [2.75, 3.05) is 13.1 Å². The number of hydrogen-bond donors (Lipinski definition) is 0. The Morgan fingerprint density at radius 3 is 2.92 bits per heavy atom. The molecule has 4 nitrogen and oxygen atoms in total. The summed E-state index contributed by atoms with van der Waals surface area (Å²) in [5.41, 5.74) is 6.19. The maximum absolute atomic E-state index is 4.41. The second kappa shape index (κ2) is 7.20. The molecule has 0 saturated carbocycles. The zero-order valence-electron chi connectivity index (χ0n) is 15.1. The summed E-state index contributed by atoms with van der Waals surface area (Å²) >= 11 is 0. The minimum absolute atomic E-state index is 0.719. The Balaban J connectivity index is 1.56. The maximum atomic E-state index is 4.41. The minimum Gasteiger partial charge on any atom is -0.372 e. The highest BCUT2D eigenvalue weighted by molar-refractivity contribution is 5.86. The van der Waals surface area contributed by atoms with Crippen molar-refractivity contribution in [1.82, 2.24) is 14.7 Å². The molecule has 1 aromatic rings. The summed E-state index contributed by atoms with van der Waals surface area (Å²) in [6, 6.07) is 0. The summed E-state index contributed by atoms with van der Waals surface area (Å²) in [6.45, 7) is 10.7. The lowest BCUT2D eigenvalue weighted by molar-refractivity contribution is 0.222. The van der Waals surface area contributed by atoms with Crippen LogP contribution in [0.4, 0.5) is 0 Å². The Morgan fingerprint density at radius 1 is 1.42 bits per heavy atom. The predicted octanol–water partition coefficient (Wildman–Crippen LogP) is 4.11. The fourth-order valence-electron chi connectivity index (χ4n) is 3.58. The minimum atomic E-state index is 0.719. The molecule has 0 spiro atoms. The van der Waals surface area contributed by atoms with E-state index in [0.29, 0.717) is 0 Å². The zero-order valence-corrected chi connectivity index (χ0v) is 15.1. The Hall–Kier alpha value is -2.10. The third kappa shape index (κ3) is 3.86. The van der Waals surface area contributed by atoms with Gasteiger partial charge in [0.25, 0.3) is 0 Å². The van der Waals surface area contributed by atoms with Gasteiger partial charge in [-0.25, -0.2) is 0 Å². The lowest BCUT2D eigenvalue weighted by atomic mass is 9.90. The predicted molar refractivity (Wildman–Crippen MR) is 101 cm³/mol. The Bertz CT molecular complexity index is 705. The van der Waals surface area contributed by atoms with Crippen LogP contribution in [0.25, 0.3) is 6.08 Å². The van der Waals surface area contributed by atoms with Crippen LogP contribution >= 0.6 is 0 Å². The van der Waals surface area contributed by atoms with E-state index in [0.717, 1.165) is 36.7 Å². The lowest BCUT2D eigenvalue weighted by Gasteiger charge is -2.35. The van der Waals surface area contributed by atoms with Gasteiger partial charge >= 0.3 is 0 Å². The van der Waals surface area contributed by atoms with E-state index in [2.05, 4.69) is 53.8 Å². The summed E-state index contributed by atoms with van der Waals surface area (Å²) in [4.78, 5) is 6.84. The molecule has 24 heavy (non-hydrogen) atoms. The molecule has 0 N–H and O–H groups in total. The molecule has 0 bridgehead atoms. The molecular weight excluding hydrogens is 296 g/mol. The van der Waals surface area contributed by atoms with Gasteiger partial charge in [-0.05, 0) is 56.8 Å². The number of piperidine rings is 1. The van der Waals surface area contributed by atoms with Gasteiger partial charge in [-0.3, -0.25) is 9.67 Å². The van der Waals surface area contributed by atoms with Gasteiger partial charge in [0.1, 0.15) is 0 Å². The van der Waals surface area contributed by atoms with E-state index in [1.807, 2.05) is 17.9 Å². The summed E-state index contributed by atoms with van der Waals surface area (Å²) in [6.07, 6.45) is 13.1. The number of likely N-dealkylation sites (tertiary alicyclic amines) is 1. The third-order valence-electron chi connectivity index (χ3n) is 5.15. The van der Waals surface area contributed by atoms with E-state index in [1.54, 1.807) is 0 Å². The van der Waals surface area contributed by atoms with E-state index in [1.165, 1.54) is 36.2 Å². The van der Waals surface area contributed by atoms with Gasteiger partial charge in [-0.1, -0.05) is 6.58 Å². The van der Waals surface area contributed by atoms with Crippen molar-refractivity contribution >= 4 is 11.8 Å². The van der Waals surface area contributed by atoms with Crippen molar-refractivity contribution in [3.05, 3.63) is 47.6 Å². The van der Waals surface area contributed by atoms with E-state index in [-0.39, 0.29) is 0 Å². The first-order valence-electron chi connectivity index (χ1n) is 8.84. The Labute approximate surface area is 145 Å². The molecule has 128 valence electrons. The van der Waals surface area contributed by atoms with Gasteiger partial charge in [0.15, 0.2) is 0 Å².